The third-order valence-electron chi connectivity index (χ3n) is 4.35. The second kappa shape index (κ2) is 4.68. The molecule has 0 radical (unpaired) electrons. The van der Waals surface area contributed by atoms with E-state index in [4.69, 9.17) is 0 Å². The van der Waals surface area contributed by atoms with Crippen LogP contribution in [0, 0.1) is 0 Å². The second-order valence-corrected chi connectivity index (χ2v) is 6.32. The molecule has 1 aliphatic rings. The number of nitrogens with zero attached hydrogens (tertiary/aromatic N) is 2. The molecule has 0 fully saturated rings. The van der Waals surface area contributed by atoms with Crippen molar-refractivity contribution >= 4 is 10.9 Å². The highest BCUT2D eigenvalue weighted by molar-refractivity contribution is 5.84. The van der Waals surface area contributed by atoms with E-state index in [9.17, 15) is 0 Å². The van der Waals surface area contributed by atoms with Gasteiger partial charge in [0.15, 0.2) is 0 Å². The van der Waals surface area contributed by atoms with Crippen LogP contribution in [-0.2, 0) is 13.0 Å². The van der Waals surface area contributed by atoms with Crippen LogP contribution in [-0.4, -0.2) is 27.6 Å². The minimum Gasteiger partial charge on any atom is -0.346 e. The van der Waals surface area contributed by atoms with E-state index in [1.807, 2.05) is 0 Å². The Labute approximate surface area is 116 Å². The van der Waals surface area contributed by atoms with E-state index in [-0.39, 0.29) is 0 Å². The van der Waals surface area contributed by atoms with Crippen molar-refractivity contribution in [3.05, 3.63) is 36.0 Å². The first-order valence-electron chi connectivity index (χ1n) is 7.42. The highest BCUT2D eigenvalue weighted by Crippen LogP contribution is 2.29. The molecule has 1 unspecified atom stereocenters. The Balaban J connectivity index is 1.98. The van der Waals surface area contributed by atoms with Gasteiger partial charge in [-0.25, -0.2) is 0 Å². The first-order chi connectivity index (χ1) is 9.08. The van der Waals surface area contributed by atoms with Crippen molar-refractivity contribution in [3.63, 3.8) is 0 Å². The van der Waals surface area contributed by atoms with Gasteiger partial charge in [0, 0.05) is 30.9 Å². The van der Waals surface area contributed by atoms with Crippen LogP contribution in [0.5, 0.6) is 0 Å². The highest BCUT2D eigenvalue weighted by Gasteiger charge is 2.28. The number of para-hydroxylation sites is 1. The highest BCUT2D eigenvalue weighted by atomic mass is 15.2. The van der Waals surface area contributed by atoms with Gasteiger partial charge in [0.1, 0.15) is 0 Å². The smallest absolute Gasteiger partial charge is 0.0513 e. The second-order valence-electron chi connectivity index (χ2n) is 6.32. The lowest BCUT2D eigenvalue weighted by molar-refractivity contribution is 0.0980. The lowest BCUT2D eigenvalue weighted by Crippen LogP contribution is -2.49. The standard InChI is InChI=1S/C17H24N2/c1-12(2)19(13(3)4)16-10-15-7-5-6-14-8-9-18(11-16)17(14)15/h5-9,12-13,16H,10-11H2,1-4H3. The van der Waals surface area contributed by atoms with Crippen LogP contribution in [0.25, 0.3) is 10.9 Å². The summed E-state index contributed by atoms with van der Waals surface area (Å²) in [6, 6.07) is 10.8. The van der Waals surface area contributed by atoms with E-state index < -0.39 is 0 Å². The molecule has 1 atom stereocenters. The molecule has 102 valence electrons. The average Bonchev–Trinajstić information content (AvgIpc) is 2.73. The van der Waals surface area contributed by atoms with Crippen molar-refractivity contribution < 1.29 is 0 Å². The van der Waals surface area contributed by atoms with E-state index in [1.54, 1.807) is 0 Å². The number of aromatic nitrogens is 1. The topological polar surface area (TPSA) is 8.17 Å². The van der Waals surface area contributed by atoms with Gasteiger partial charge in [-0.3, -0.25) is 4.90 Å². The summed E-state index contributed by atoms with van der Waals surface area (Å²) in [5, 5.41) is 1.39. The molecule has 2 heterocycles. The number of hydrogen-bond donors (Lipinski definition) is 0. The minimum absolute atomic E-state index is 0.598. The molecule has 0 saturated heterocycles. The van der Waals surface area contributed by atoms with Crippen molar-refractivity contribution in [2.45, 2.75) is 58.8 Å². The van der Waals surface area contributed by atoms with E-state index in [1.165, 1.54) is 22.9 Å². The van der Waals surface area contributed by atoms with Crippen LogP contribution >= 0.6 is 0 Å². The van der Waals surface area contributed by atoms with Gasteiger partial charge in [-0.2, -0.15) is 0 Å². The van der Waals surface area contributed by atoms with E-state index in [0.717, 1.165) is 6.54 Å². The molecule has 2 heteroatoms. The summed E-state index contributed by atoms with van der Waals surface area (Å²) < 4.78 is 2.44. The van der Waals surface area contributed by atoms with Crippen LogP contribution in [0.1, 0.15) is 33.3 Å². The van der Waals surface area contributed by atoms with Crippen LogP contribution in [0.2, 0.25) is 0 Å². The Morgan fingerprint density at radius 3 is 2.53 bits per heavy atom. The number of rotatable bonds is 3. The van der Waals surface area contributed by atoms with Gasteiger partial charge >= 0.3 is 0 Å². The maximum Gasteiger partial charge on any atom is 0.0513 e. The van der Waals surface area contributed by atoms with Crippen molar-refractivity contribution in [1.29, 1.82) is 0 Å². The SMILES string of the molecule is CC(C)N(C(C)C)C1Cc2cccc3ccn(c23)C1. The van der Waals surface area contributed by atoms with Gasteiger partial charge in [-0.05, 0) is 51.1 Å². The van der Waals surface area contributed by atoms with Gasteiger partial charge in [-0.1, -0.05) is 18.2 Å². The van der Waals surface area contributed by atoms with Crippen molar-refractivity contribution in [1.82, 2.24) is 9.47 Å². The zero-order chi connectivity index (χ0) is 13.6. The zero-order valence-corrected chi connectivity index (χ0v) is 12.4. The summed E-state index contributed by atoms with van der Waals surface area (Å²) in [6.45, 7) is 10.4. The molecule has 3 rings (SSSR count). The Morgan fingerprint density at radius 2 is 1.84 bits per heavy atom. The summed E-state index contributed by atoms with van der Waals surface area (Å²) in [5.41, 5.74) is 2.95. The monoisotopic (exact) mass is 256 g/mol. The Hall–Kier alpha value is -1.28. The minimum atomic E-state index is 0.598. The fraction of sp³-hybridized carbons (Fsp3) is 0.529. The largest absolute Gasteiger partial charge is 0.346 e. The molecular weight excluding hydrogens is 232 g/mol. The van der Waals surface area contributed by atoms with E-state index in [0.29, 0.717) is 18.1 Å². The molecule has 0 N–H and O–H groups in total. The van der Waals surface area contributed by atoms with Gasteiger partial charge in [0.25, 0.3) is 0 Å². The van der Waals surface area contributed by atoms with Crippen molar-refractivity contribution in [2.75, 3.05) is 0 Å². The van der Waals surface area contributed by atoms with Crippen LogP contribution < -0.4 is 0 Å². The number of hydrogen-bond acceptors (Lipinski definition) is 1. The predicted molar refractivity (Wildman–Crippen MR) is 81.5 cm³/mol. The van der Waals surface area contributed by atoms with Gasteiger partial charge in [0.05, 0.1) is 5.52 Å². The van der Waals surface area contributed by atoms with Crippen LogP contribution in [0.4, 0.5) is 0 Å². The molecule has 19 heavy (non-hydrogen) atoms. The summed E-state index contributed by atoms with van der Waals surface area (Å²) in [5.74, 6) is 0. The molecular formula is C17H24N2. The molecule has 2 aromatic rings. The van der Waals surface area contributed by atoms with Gasteiger partial charge in [-0.15, -0.1) is 0 Å². The zero-order valence-electron chi connectivity index (χ0n) is 12.4. The normalized spacial score (nSPS) is 19.0. The van der Waals surface area contributed by atoms with Crippen molar-refractivity contribution in [2.24, 2.45) is 0 Å². The lowest BCUT2D eigenvalue weighted by Gasteiger charge is -2.40. The average molecular weight is 256 g/mol. The van der Waals surface area contributed by atoms with Crippen molar-refractivity contribution in [3.8, 4) is 0 Å². The predicted octanol–water partition coefficient (Wildman–Crippen LogP) is 3.68. The van der Waals surface area contributed by atoms with E-state index >= 15 is 0 Å². The lowest BCUT2D eigenvalue weighted by atomic mass is 9.97. The summed E-state index contributed by atoms with van der Waals surface area (Å²) in [6.07, 6.45) is 3.43. The first-order valence-corrected chi connectivity index (χ1v) is 7.42. The van der Waals surface area contributed by atoms with E-state index in [2.05, 4.69) is 67.6 Å². The van der Waals surface area contributed by atoms with Crippen LogP contribution in [0.3, 0.4) is 0 Å². The van der Waals surface area contributed by atoms with Crippen LogP contribution in [0.15, 0.2) is 30.5 Å². The summed E-state index contributed by atoms with van der Waals surface area (Å²) in [7, 11) is 0. The maximum absolute atomic E-state index is 2.65. The molecule has 1 aromatic heterocycles. The third-order valence-corrected chi connectivity index (χ3v) is 4.35. The Bertz CT molecular complexity index is 572. The van der Waals surface area contributed by atoms with Gasteiger partial charge < -0.3 is 4.57 Å². The Kier molecular flexibility index (Phi) is 3.14. The molecule has 1 aliphatic heterocycles. The maximum atomic E-state index is 2.65. The molecule has 0 bridgehead atoms. The Morgan fingerprint density at radius 1 is 1.11 bits per heavy atom. The number of benzene rings is 1. The molecule has 0 amide bonds. The molecule has 2 nitrogen and oxygen atoms in total. The van der Waals surface area contributed by atoms with Gasteiger partial charge in [0.2, 0.25) is 0 Å². The summed E-state index contributed by atoms with van der Waals surface area (Å²) in [4.78, 5) is 2.65. The molecule has 0 aliphatic carbocycles. The molecule has 0 spiro atoms. The molecule has 1 aromatic carbocycles. The first kappa shape index (κ1) is 12.7. The third kappa shape index (κ3) is 2.08. The summed E-state index contributed by atoms with van der Waals surface area (Å²) >= 11 is 0. The quantitative estimate of drug-likeness (QED) is 0.813. The molecule has 0 saturated carbocycles. The fourth-order valence-corrected chi connectivity index (χ4v) is 3.84. The fourth-order valence-electron chi connectivity index (χ4n) is 3.84.